The van der Waals surface area contributed by atoms with E-state index >= 15 is 0 Å². The van der Waals surface area contributed by atoms with Crippen molar-refractivity contribution in [1.82, 2.24) is 0 Å². The molecule has 1 fully saturated rings. The van der Waals surface area contributed by atoms with Crippen LogP contribution in [0.25, 0.3) is 0 Å². The van der Waals surface area contributed by atoms with Crippen LogP contribution < -0.4 is 5.32 Å². The minimum atomic E-state index is -0.381. The molecule has 1 saturated heterocycles. The second-order valence-electron chi connectivity index (χ2n) is 5.69. The fourth-order valence-corrected chi connectivity index (χ4v) is 2.62. The summed E-state index contributed by atoms with van der Waals surface area (Å²) in [7, 11) is 0. The standard InChI is InChI=1S/C19H20FNO3/c20-17-8-2-1-5-14(17)9-10-18(22)21-16-7-3-6-15(13-16)19-23-11-4-12-24-19/h1-3,5-8,13,19H,4,9-12H2,(H,21,22). The summed E-state index contributed by atoms with van der Waals surface area (Å²) < 4.78 is 24.7. The van der Waals surface area contributed by atoms with Crippen molar-refractivity contribution in [3.8, 4) is 0 Å². The van der Waals surface area contributed by atoms with E-state index in [1.54, 1.807) is 18.2 Å². The molecule has 2 aromatic carbocycles. The van der Waals surface area contributed by atoms with Crippen LogP contribution in [0, 0.1) is 5.82 Å². The number of carbonyl (C=O) groups is 1. The Morgan fingerprint density at radius 3 is 2.71 bits per heavy atom. The van der Waals surface area contributed by atoms with Gasteiger partial charge in [0.25, 0.3) is 0 Å². The summed E-state index contributed by atoms with van der Waals surface area (Å²) in [5.41, 5.74) is 2.11. The van der Waals surface area contributed by atoms with Crippen LogP contribution in [0.4, 0.5) is 10.1 Å². The first-order chi connectivity index (χ1) is 11.7. The van der Waals surface area contributed by atoms with Crippen molar-refractivity contribution in [3.63, 3.8) is 0 Å². The van der Waals surface area contributed by atoms with Crippen molar-refractivity contribution in [1.29, 1.82) is 0 Å². The highest BCUT2D eigenvalue weighted by atomic mass is 19.1. The van der Waals surface area contributed by atoms with E-state index in [1.807, 2.05) is 24.3 Å². The summed E-state index contributed by atoms with van der Waals surface area (Å²) in [4.78, 5) is 12.1. The van der Waals surface area contributed by atoms with E-state index in [9.17, 15) is 9.18 Å². The van der Waals surface area contributed by atoms with Crippen LogP contribution in [0.2, 0.25) is 0 Å². The topological polar surface area (TPSA) is 47.6 Å². The zero-order valence-electron chi connectivity index (χ0n) is 13.3. The number of ether oxygens (including phenoxy) is 2. The molecule has 0 aliphatic carbocycles. The van der Waals surface area contributed by atoms with E-state index in [1.165, 1.54) is 6.07 Å². The van der Waals surface area contributed by atoms with E-state index in [4.69, 9.17) is 9.47 Å². The Balaban J connectivity index is 1.57. The normalized spacial score (nSPS) is 15.2. The molecule has 1 heterocycles. The lowest BCUT2D eigenvalue weighted by Gasteiger charge is -2.23. The van der Waals surface area contributed by atoms with Gasteiger partial charge in [0.2, 0.25) is 5.91 Å². The third-order valence-corrected chi connectivity index (χ3v) is 3.85. The molecular formula is C19H20FNO3. The van der Waals surface area contributed by atoms with Gasteiger partial charge in [0, 0.05) is 17.7 Å². The Morgan fingerprint density at radius 2 is 1.92 bits per heavy atom. The Labute approximate surface area is 140 Å². The number of rotatable bonds is 5. The van der Waals surface area contributed by atoms with E-state index in [0.717, 1.165) is 12.0 Å². The van der Waals surface area contributed by atoms with Gasteiger partial charge in [0.15, 0.2) is 6.29 Å². The third kappa shape index (κ3) is 4.40. The lowest BCUT2D eigenvalue weighted by atomic mass is 10.1. The molecule has 0 bridgehead atoms. The van der Waals surface area contributed by atoms with Gasteiger partial charge >= 0.3 is 0 Å². The average molecular weight is 329 g/mol. The monoisotopic (exact) mass is 329 g/mol. The first kappa shape index (κ1) is 16.6. The molecule has 2 aromatic rings. The van der Waals surface area contributed by atoms with Gasteiger partial charge in [-0.1, -0.05) is 30.3 Å². The molecule has 0 unspecified atom stereocenters. The highest BCUT2D eigenvalue weighted by Gasteiger charge is 2.17. The lowest BCUT2D eigenvalue weighted by Crippen LogP contribution is -2.18. The number of aryl methyl sites for hydroxylation is 1. The maximum Gasteiger partial charge on any atom is 0.224 e. The predicted molar refractivity (Wildman–Crippen MR) is 89.1 cm³/mol. The zero-order chi connectivity index (χ0) is 16.8. The van der Waals surface area contributed by atoms with E-state index < -0.39 is 0 Å². The molecule has 0 radical (unpaired) electrons. The van der Waals surface area contributed by atoms with Crippen molar-refractivity contribution in [3.05, 3.63) is 65.5 Å². The van der Waals surface area contributed by atoms with Crippen LogP contribution >= 0.6 is 0 Å². The van der Waals surface area contributed by atoms with Gasteiger partial charge < -0.3 is 14.8 Å². The Kier molecular flexibility index (Phi) is 5.56. The quantitative estimate of drug-likeness (QED) is 0.907. The van der Waals surface area contributed by atoms with Crippen molar-refractivity contribution in [2.45, 2.75) is 25.6 Å². The largest absolute Gasteiger partial charge is 0.348 e. The van der Waals surface area contributed by atoms with Crippen LogP contribution in [0.15, 0.2) is 48.5 Å². The molecule has 3 rings (SSSR count). The highest BCUT2D eigenvalue weighted by Crippen LogP contribution is 2.25. The molecule has 1 aliphatic rings. The number of benzene rings is 2. The number of anilines is 1. The van der Waals surface area contributed by atoms with Gasteiger partial charge in [-0.05, 0) is 36.6 Å². The molecule has 1 amide bonds. The third-order valence-electron chi connectivity index (χ3n) is 3.85. The number of hydrogen-bond acceptors (Lipinski definition) is 3. The number of carbonyl (C=O) groups excluding carboxylic acids is 1. The maximum atomic E-state index is 13.6. The van der Waals surface area contributed by atoms with Crippen LogP contribution in [0.1, 0.15) is 30.3 Å². The van der Waals surface area contributed by atoms with Gasteiger partial charge in [0.05, 0.1) is 13.2 Å². The molecule has 1 N–H and O–H groups in total. The van der Waals surface area contributed by atoms with Gasteiger partial charge in [-0.2, -0.15) is 0 Å². The average Bonchev–Trinajstić information content (AvgIpc) is 2.62. The lowest BCUT2D eigenvalue weighted by molar-refractivity contribution is -0.183. The second-order valence-corrected chi connectivity index (χ2v) is 5.69. The van der Waals surface area contributed by atoms with Crippen molar-refractivity contribution in [2.75, 3.05) is 18.5 Å². The Hall–Kier alpha value is -2.24. The molecule has 126 valence electrons. The molecule has 0 spiro atoms. The number of amides is 1. The number of hydrogen-bond donors (Lipinski definition) is 1. The second kappa shape index (κ2) is 8.04. The summed E-state index contributed by atoms with van der Waals surface area (Å²) in [6, 6.07) is 13.9. The van der Waals surface area contributed by atoms with Crippen LogP contribution in [0.3, 0.4) is 0 Å². The fourth-order valence-electron chi connectivity index (χ4n) is 2.62. The van der Waals surface area contributed by atoms with Crippen molar-refractivity contribution < 1.29 is 18.7 Å². The first-order valence-corrected chi connectivity index (χ1v) is 8.09. The van der Waals surface area contributed by atoms with E-state index in [-0.39, 0.29) is 24.4 Å². The SMILES string of the molecule is O=C(CCc1ccccc1F)Nc1cccc(C2OCCCO2)c1. The van der Waals surface area contributed by atoms with Crippen molar-refractivity contribution >= 4 is 11.6 Å². The summed E-state index contributed by atoms with van der Waals surface area (Å²) in [5.74, 6) is -0.431. The van der Waals surface area contributed by atoms with Crippen LogP contribution in [-0.2, 0) is 20.7 Å². The molecule has 5 heteroatoms. The molecule has 1 aliphatic heterocycles. The van der Waals surface area contributed by atoms with Gasteiger partial charge in [-0.25, -0.2) is 4.39 Å². The smallest absolute Gasteiger partial charge is 0.224 e. The molecule has 24 heavy (non-hydrogen) atoms. The van der Waals surface area contributed by atoms with Crippen LogP contribution in [-0.4, -0.2) is 19.1 Å². The number of nitrogens with one attached hydrogen (secondary N) is 1. The highest BCUT2D eigenvalue weighted by molar-refractivity contribution is 5.90. The maximum absolute atomic E-state index is 13.6. The molecule has 4 nitrogen and oxygen atoms in total. The predicted octanol–water partition coefficient (Wildman–Crippen LogP) is 3.83. The van der Waals surface area contributed by atoms with Gasteiger partial charge in [-0.15, -0.1) is 0 Å². The zero-order valence-corrected chi connectivity index (χ0v) is 13.3. The summed E-state index contributed by atoms with van der Waals surface area (Å²) in [5, 5.41) is 2.84. The van der Waals surface area contributed by atoms with E-state index in [0.29, 0.717) is 30.9 Å². The first-order valence-electron chi connectivity index (χ1n) is 8.09. The van der Waals surface area contributed by atoms with Crippen LogP contribution in [0.5, 0.6) is 0 Å². The summed E-state index contributed by atoms with van der Waals surface area (Å²) in [6.45, 7) is 1.34. The molecule has 0 atom stereocenters. The van der Waals surface area contributed by atoms with Gasteiger partial charge in [-0.3, -0.25) is 4.79 Å². The molecular weight excluding hydrogens is 309 g/mol. The summed E-state index contributed by atoms with van der Waals surface area (Å²) in [6.07, 6.45) is 1.10. The van der Waals surface area contributed by atoms with E-state index in [2.05, 4.69) is 5.32 Å². The molecule has 0 aromatic heterocycles. The minimum absolute atomic E-state index is 0.152. The molecule has 0 saturated carbocycles. The Morgan fingerprint density at radius 1 is 1.12 bits per heavy atom. The minimum Gasteiger partial charge on any atom is -0.348 e. The summed E-state index contributed by atoms with van der Waals surface area (Å²) >= 11 is 0. The Bertz CT molecular complexity index is 699. The fraction of sp³-hybridized carbons (Fsp3) is 0.316. The van der Waals surface area contributed by atoms with Crippen molar-refractivity contribution in [2.24, 2.45) is 0 Å². The van der Waals surface area contributed by atoms with Gasteiger partial charge in [0.1, 0.15) is 5.82 Å². The number of halogens is 1.